The topological polar surface area (TPSA) is 73.4 Å². The van der Waals surface area contributed by atoms with Crippen LogP contribution in [0.5, 0.6) is 0 Å². The number of carboxylic acids is 1. The highest BCUT2D eigenvalue weighted by molar-refractivity contribution is 6.27. The number of aliphatic carboxylic acids is 1. The maximum atomic E-state index is 12.2. The van der Waals surface area contributed by atoms with E-state index in [1.165, 1.54) is 4.90 Å². The molecule has 1 aliphatic heterocycles. The molecule has 1 aliphatic rings. The molecule has 0 radical (unpaired) electrons. The number of amides is 1. The molecule has 0 fully saturated rings. The van der Waals surface area contributed by atoms with Crippen LogP contribution >= 0.6 is 11.6 Å². The van der Waals surface area contributed by atoms with Crippen LogP contribution in [0.2, 0.25) is 0 Å². The Morgan fingerprint density at radius 2 is 2.14 bits per heavy atom. The van der Waals surface area contributed by atoms with E-state index in [1.807, 2.05) is 31.2 Å². The van der Waals surface area contributed by atoms with Crippen LogP contribution in [-0.4, -0.2) is 38.8 Å². The van der Waals surface area contributed by atoms with Gasteiger partial charge in [-0.15, -0.1) is 11.6 Å². The van der Waals surface area contributed by atoms with Crippen LogP contribution in [0.15, 0.2) is 24.3 Å². The van der Waals surface area contributed by atoms with Crippen molar-refractivity contribution in [3.8, 4) is 0 Å². The van der Waals surface area contributed by atoms with E-state index in [2.05, 4.69) is 4.98 Å². The van der Waals surface area contributed by atoms with Gasteiger partial charge in [-0.1, -0.05) is 18.2 Å². The van der Waals surface area contributed by atoms with E-state index in [1.54, 1.807) is 6.92 Å². The van der Waals surface area contributed by atoms with Gasteiger partial charge in [0.1, 0.15) is 5.88 Å². The third-order valence-corrected chi connectivity index (χ3v) is 4.75. The maximum absolute atomic E-state index is 12.2. The number of carbonyl (C=O) groups is 2. The molecule has 2 atom stereocenters. The van der Waals surface area contributed by atoms with Gasteiger partial charge in [-0.25, -0.2) is 4.79 Å². The van der Waals surface area contributed by atoms with E-state index in [0.717, 1.165) is 16.5 Å². The van der Waals surface area contributed by atoms with Crippen molar-refractivity contribution in [1.82, 2.24) is 9.88 Å². The molecule has 0 bridgehead atoms. The van der Waals surface area contributed by atoms with E-state index in [9.17, 15) is 14.7 Å². The predicted octanol–water partition coefficient (Wildman–Crippen LogP) is 2.48. The van der Waals surface area contributed by atoms with Crippen molar-refractivity contribution >= 4 is 34.4 Å². The summed E-state index contributed by atoms with van der Waals surface area (Å²) >= 11 is 5.69. The number of alkyl halides is 1. The molecule has 0 saturated heterocycles. The zero-order chi connectivity index (χ0) is 16.1. The first-order valence-electron chi connectivity index (χ1n) is 7.12. The van der Waals surface area contributed by atoms with Gasteiger partial charge in [0.05, 0.1) is 5.69 Å². The monoisotopic (exact) mass is 320 g/mol. The fourth-order valence-electron chi connectivity index (χ4n) is 3.55. The molecule has 0 saturated carbocycles. The lowest BCUT2D eigenvalue weighted by molar-refractivity contribution is -0.162. The molecule has 2 unspecified atom stereocenters. The van der Waals surface area contributed by atoms with Crippen LogP contribution in [0.3, 0.4) is 0 Å². The van der Waals surface area contributed by atoms with Crippen molar-refractivity contribution in [3.63, 3.8) is 0 Å². The maximum Gasteiger partial charge on any atom is 0.335 e. The molecule has 2 heterocycles. The average Bonchev–Trinajstić information content (AvgIpc) is 2.86. The lowest BCUT2D eigenvalue weighted by Gasteiger charge is -2.45. The molecule has 5 nitrogen and oxygen atoms in total. The van der Waals surface area contributed by atoms with Gasteiger partial charge >= 0.3 is 5.97 Å². The Hall–Kier alpha value is -2.01. The summed E-state index contributed by atoms with van der Waals surface area (Å²) in [7, 11) is 0. The fraction of sp³-hybridized carbons (Fsp3) is 0.375. The number of rotatable bonds is 2. The summed E-state index contributed by atoms with van der Waals surface area (Å²) in [5, 5.41) is 10.9. The van der Waals surface area contributed by atoms with Gasteiger partial charge in [-0.05, 0) is 31.9 Å². The fourth-order valence-corrected chi connectivity index (χ4v) is 3.67. The summed E-state index contributed by atoms with van der Waals surface area (Å²) in [5.41, 5.74) is 0.967. The summed E-state index contributed by atoms with van der Waals surface area (Å²) < 4.78 is 0. The van der Waals surface area contributed by atoms with Crippen molar-refractivity contribution < 1.29 is 14.7 Å². The molecule has 2 aromatic rings. The Labute approximate surface area is 132 Å². The molecule has 6 heteroatoms. The van der Waals surface area contributed by atoms with Gasteiger partial charge in [-0.2, -0.15) is 0 Å². The lowest BCUT2D eigenvalue weighted by atomic mass is 9.83. The van der Waals surface area contributed by atoms with E-state index in [4.69, 9.17) is 11.6 Å². The number of hydrogen-bond acceptors (Lipinski definition) is 2. The zero-order valence-electron chi connectivity index (χ0n) is 12.4. The minimum atomic E-state index is -1.45. The number of carbonyl (C=O) groups excluding carboxylic acids is 1. The summed E-state index contributed by atoms with van der Waals surface area (Å²) in [4.78, 5) is 28.9. The van der Waals surface area contributed by atoms with Crippen molar-refractivity contribution in [2.75, 3.05) is 5.88 Å². The smallest absolute Gasteiger partial charge is 0.335 e. The molecule has 1 amide bonds. The molecule has 22 heavy (non-hydrogen) atoms. The Balaban J connectivity index is 2.30. The molecule has 3 rings (SSSR count). The number of fused-ring (bicyclic) bond motifs is 3. The highest BCUT2D eigenvalue weighted by Gasteiger charge is 2.51. The molecule has 1 aromatic heterocycles. The Morgan fingerprint density at radius 3 is 2.77 bits per heavy atom. The van der Waals surface area contributed by atoms with Crippen molar-refractivity contribution in [3.05, 3.63) is 35.5 Å². The number of H-pyrrole nitrogens is 1. The first-order valence-corrected chi connectivity index (χ1v) is 7.66. The number of nitrogens with zero attached hydrogens (tertiary/aromatic N) is 1. The number of carboxylic acid groups (broad SMARTS) is 1. The van der Waals surface area contributed by atoms with E-state index >= 15 is 0 Å². The van der Waals surface area contributed by atoms with Gasteiger partial charge in [0.2, 0.25) is 5.91 Å². The second-order valence-electron chi connectivity index (χ2n) is 5.85. The minimum absolute atomic E-state index is 0.233. The second kappa shape index (κ2) is 5.02. The number of para-hydroxylation sites is 1. The van der Waals surface area contributed by atoms with Crippen LogP contribution < -0.4 is 0 Å². The first-order chi connectivity index (χ1) is 10.4. The van der Waals surface area contributed by atoms with Gasteiger partial charge in [0.15, 0.2) is 5.54 Å². The highest BCUT2D eigenvalue weighted by atomic mass is 35.5. The third kappa shape index (κ3) is 1.85. The second-order valence-corrected chi connectivity index (χ2v) is 6.12. The van der Waals surface area contributed by atoms with Gasteiger partial charge in [-0.3, -0.25) is 4.79 Å². The number of aromatic nitrogens is 1. The van der Waals surface area contributed by atoms with Crippen molar-refractivity contribution in [2.45, 2.75) is 31.8 Å². The molecular formula is C16H17ClN2O3. The third-order valence-electron chi connectivity index (χ3n) is 4.52. The van der Waals surface area contributed by atoms with E-state index in [0.29, 0.717) is 12.1 Å². The van der Waals surface area contributed by atoms with Crippen molar-refractivity contribution in [1.29, 1.82) is 0 Å². The lowest BCUT2D eigenvalue weighted by Crippen LogP contribution is -2.60. The SMILES string of the molecule is CC1Cc2c([nH]c3ccccc23)C(C)(C(=O)O)N1C(=O)CCl. The predicted molar refractivity (Wildman–Crippen MR) is 84.0 cm³/mol. The van der Waals surface area contributed by atoms with E-state index < -0.39 is 11.5 Å². The van der Waals surface area contributed by atoms with Crippen LogP contribution in [0, 0.1) is 0 Å². The number of halogens is 1. The molecule has 116 valence electrons. The van der Waals surface area contributed by atoms with Crippen LogP contribution in [0.25, 0.3) is 10.9 Å². The standard InChI is InChI=1S/C16H17ClN2O3/c1-9-7-11-10-5-3-4-6-12(10)18-14(11)16(2,15(21)22)19(9)13(20)8-17/h3-6,9,18H,7-8H2,1-2H3,(H,21,22). The molecule has 0 spiro atoms. The largest absolute Gasteiger partial charge is 0.479 e. The normalized spacial score (nSPS) is 24.3. The quantitative estimate of drug-likeness (QED) is 0.835. The molecular weight excluding hydrogens is 304 g/mol. The number of nitrogens with one attached hydrogen (secondary N) is 1. The Bertz CT molecular complexity index is 770. The number of hydrogen-bond donors (Lipinski definition) is 2. The Kier molecular flexibility index (Phi) is 3.40. The summed E-state index contributed by atoms with van der Waals surface area (Å²) in [5.74, 6) is -1.67. The molecule has 1 aromatic carbocycles. The number of aromatic amines is 1. The molecule has 2 N–H and O–H groups in total. The number of benzene rings is 1. The van der Waals surface area contributed by atoms with E-state index in [-0.39, 0.29) is 17.8 Å². The van der Waals surface area contributed by atoms with Gasteiger partial charge in [0.25, 0.3) is 0 Å². The summed E-state index contributed by atoms with van der Waals surface area (Å²) in [6.45, 7) is 3.42. The average molecular weight is 321 g/mol. The van der Waals surface area contributed by atoms with Crippen LogP contribution in [0.4, 0.5) is 0 Å². The van der Waals surface area contributed by atoms with Crippen LogP contribution in [-0.2, 0) is 21.5 Å². The zero-order valence-corrected chi connectivity index (χ0v) is 13.1. The minimum Gasteiger partial charge on any atom is -0.479 e. The summed E-state index contributed by atoms with van der Waals surface area (Å²) in [6.07, 6.45) is 0.602. The van der Waals surface area contributed by atoms with Gasteiger partial charge < -0.3 is 15.0 Å². The summed E-state index contributed by atoms with van der Waals surface area (Å²) in [6, 6.07) is 7.47. The van der Waals surface area contributed by atoms with Crippen molar-refractivity contribution in [2.24, 2.45) is 0 Å². The van der Waals surface area contributed by atoms with Crippen LogP contribution in [0.1, 0.15) is 25.1 Å². The highest BCUT2D eigenvalue weighted by Crippen LogP contribution is 2.41. The Morgan fingerprint density at radius 1 is 1.45 bits per heavy atom. The first kappa shape index (κ1) is 14.9. The van der Waals surface area contributed by atoms with Gasteiger partial charge in [0, 0.05) is 16.9 Å². The molecule has 0 aliphatic carbocycles.